The summed E-state index contributed by atoms with van der Waals surface area (Å²) in [5.41, 5.74) is 5.93. The van der Waals surface area contributed by atoms with Gasteiger partial charge in [-0.2, -0.15) is 5.10 Å². The highest BCUT2D eigenvalue weighted by molar-refractivity contribution is 6.30. The van der Waals surface area contributed by atoms with Crippen LogP contribution in [0.5, 0.6) is 0 Å². The van der Waals surface area contributed by atoms with Crippen LogP contribution in [0.4, 0.5) is 5.95 Å². The molecule has 3 heterocycles. The lowest BCUT2D eigenvalue weighted by Crippen LogP contribution is -2.34. The summed E-state index contributed by atoms with van der Waals surface area (Å²) in [6.07, 6.45) is 6.28. The topological polar surface area (TPSA) is 50.1 Å². The van der Waals surface area contributed by atoms with Crippen molar-refractivity contribution in [2.75, 3.05) is 32.1 Å². The lowest BCUT2D eigenvalue weighted by Gasteiger charge is -2.33. The van der Waals surface area contributed by atoms with Crippen LogP contribution < -0.4 is 4.90 Å². The summed E-state index contributed by atoms with van der Waals surface area (Å²) in [5, 5.41) is 5.26. The van der Waals surface area contributed by atoms with E-state index in [-0.39, 0.29) is 0 Å². The summed E-state index contributed by atoms with van der Waals surface area (Å²) in [6, 6.07) is 7.98. The van der Waals surface area contributed by atoms with Crippen LogP contribution in [0, 0.1) is 6.92 Å². The van der Waals surface area contributed by atoms with E-state index in [0.29, 0.717) is 5.92 Å². The molecule has 0 spiro atoms. The van der Waals surface area contributed by atoms with Gasteiger partial charge in [0.05, 0.1) is 11.9 Å². The summed E-state index contributed by atoms with van der Waals surface area (Å²) in [6.45, 7) is 8.24. The Morgan fingerprint density at radius 1 is 1.16 bits per heavy atom. The molecule has 0 amide bonds. The number of hydrogen-bond acceptors (Lipinski definition) is 5. The van der Waals surface area contributed by atoms with E-state index in [1.54, 1.807) is 0 Å². The van der Waals surface area contributed by atoms with E-state index in [9.17, 15) is 0 Å². The number of rotatable bonds is 6. The maximum absolute atomic E-state index is 6.12. The van der Waals surface area contributed by atoms with Crippen LogP contribution in [0.2, 0.25) is 5.02 Å². The molecule has 1 aliphatic rings. The van der Waals surface area contributed by atoms with E-state index in [1.165, 1.54) is 11.3 Å². The van der Waals surface area contributed by atoms with Gasteiger partial charge in [-0.05, 0) is 50.9 Å². The van der Waals surface area contributed by atoms with Crippen molar-refractivity contribution in [1.29, 1.82) is 0 Å². The Bertz CT molecular complexity index is 1030. The first-order valence-corrected chi connectivity index (χ1v) is 11.4. The molecule has 1 aromatic carbocycles. The Morgan fingerprint density at radius 2 is 1.94 bits per heavy atom. The van der Waals surface area contributed by atoms with Gasteiger partial charge in [0.25, 0.3) is 0 Å². The second kappa shape index (κ2) is 9.37. The molecular weight excluding hydrogens is 408 g/mol. The standard InChI is InChI=1S/C24H31ClN6/c1-5-31-17(2)20(13-27-31)16-30-12-6-7-19(15-30)23-22(14-26-24(28-23)29(3)4)18-8-10-21(25)11-9-18/h8-11,13-14,19H,5-7,12,15-16H2,1-4H3/t19-/m1/s1. The van der Waals surface area contributed by atoms with Crippen LogP contribution in [0.3, 0.4) is 0 Å². The molecule has 0 aliphatic carbocycles. The zero-order valence-electron chi connectivity index (χ0n) is 18.8. The van der Waals surface area contributed by atoms with E-state index in [1.807, 2.05) is 43.5 Å². The molecule has 7 heteroatoms. The lowest BCUT2D eigenvalue weighted by molar-refractivity contribution is 0.198. The molecule has 1 saturated heterocycles. The van der Waals surface area contributed by atoms with Crippen molar-refractivity contribution >= 4 is 17.5 Å². The van der Waals surface area contributed by atoms with E-state index >= 15 is 0 Å². The van der Waals surface area contributed by atoms with E-state index in [4.69, 9.17) is 16.6 Å². The molecule has 0 bridgehead atoms. The van der Waals surface area contributed by atoms with Gasteiger partial charge in [0, 0.05) is 67.7 Å². The third-order valence-corrected chi connectivity index (χ3v) is 6.40. The molecule has 4 rings (SSSR count). The number of nitrogens with zero attached hydrogens (tertiary/aromatic N) is 6. The monoisotopic (exact) mass is 438 g/mol. The third-order valence-electron chi connectivity index (χ3n) is 6.15. The molecule has 0 saturated carbocycles. The number of benzene rings is 1. The van der Waals surface area contributed by atoms with Gasteiger partial charge in [-0.25, -0.2) is 9.97 Å². The predicted octanol–water partition coefficient (Wildman–Crippen LogP) is 4.77. The first-order valence-electron chi connectivity index (χ1n) is 11.0. The van der Waals surface area contributed by atoms with Crippen molar-refractivity contribution < 1.29 is 0 Å². The van der Waals surface area contributed by atoms with Crippen molar-refractivity contribution in [1.82, 2.24) is 24.6 Å². The Morgan fingerprint density at radius 3 is 2.61 bits per heavy atom. The van der Waals surface area contributed by atoms with Crippen LogP contribution >= 0.6 is 11.6 Å². The normalized spacial score (nSPS) is 17.1. The molecule has 3 aromatic rings. The van der Waals surface area contributed by atoms with Gasteiger partial charge < -0.3 is 4.90 Å². The largest absolute Gasteiger partial charge is 0.347 e. The van der Waals surface area contributed by atoms with E-state index in [2.05, 4.69) is 45.6 Å². The Labute approximate surface area is 189 Å². The Balaban J connectivity index is 1.62. The average molecular weight is 439 g/mol. The van der Waals surface area contributed by atoms with Crippen LogP contribution in [0.25, 0.3) is 11.1 Å². The van der Waals surface area contributed by atoms with Gasteiger partial charge in [-0.15, -0.1) is 0 Å². The Kier molecular flexibility index (Phi) is 6.58. The number of anilines is 1. The first-order chi connectivity index (χ1) is 15.0. The molecule has 0 radical (unpaired) electrons. The van der Waals surface area contributed by atoms with E-state index in [0.717, 1.165) is 66.8 Å². The maximum Gasteiger partial charge on any atom is 0.225 e. The summed E-state index contributed by atoms with van der Waals surface area (Å²) in [7, 11) is 3.98. The molecular formula is C24H31ClN6. The van der Waals surface area contributed by atoms with Crippen molar-refractivity contribution in [3.63, 3.8) is 0 Å². The predicted molar refractivity (Wildman–Crippen MR) is 127 cm³/mol. The van der Waals surface area contributed by atoms with Crippen LogP contribution in [-0.2, 0) is 13.1 Å². The molecule has 31 heavy (non-hydrogen) atoms. The first kappa shape index (κ1) is 21.8. The quantitative estimate of drug-likeness (QED) is 0.555. The maximum atomic E-state index is 6.12. The average Bonchev–Trinajstić information content (AvgIpc) is 3.13. The van der Waals surface area contributed by atoms with Gasteiger partial charge >= 0.3 is 0 Å². The van der Waals surface area contributed by atoms with Gasteiger partial charge in [-0.3, -0.25) is 9.58 Å². The summed E-state index contributed by atoms with van der Waals surface area (Å²) < 4.78 is 2.07. The number of aryl methyl sites for hydroxylation is 1. The van der Waals surface area contributed by atoms with Gasteiger partial charge in [0.1, 0.15) is 0 Å². The number of aromatic nitrogens is 4. The fraction of sp³-hybridized carbons (Fsp3) is 0.458. The second-order valence-corrected chi connectivity index (χ2v) is 8.95. The number of piperidine rings is 1. The minimum absolute atomic E-state index is 0.364. The number of halogens is 1. The summed E-state index contributed by atoms with van der Waals surface area (Å²) in [5.74, 6) is 1.12. The number of likely N-dealkylation sites (tertiary alicyclic amines) is 1. The molecule has 2 aromatic heterocycles. The van der Waals surface area contributed by atoms with Gasteiger partial charge in [0.15, 0.2) is 0 Å². The SMILES string of the molecule is CCn1ncc(CN2CCC[C@@H](c3nc(N(C)C)ncc3-c3ccc(Cl)cc3)C2)c1C. The highest BCUT2D eigenvalue weighted by Crippen LogP contribution is 2.34. The summed E-state index contributed by atoms with van der Waals surface area (Å²) in [4.78, 5) is 14.1. The van der Waals surface area contributed by atoms with Crippen LogP contribution in [0.15, 0.2) is 36.7 Å². The fourth-order valence-electron chi connectivity index (χ4n) is 4.39. The smallest absolute Gasteiger partial charge is 0.225 e. The third kappa shape index (κ3) is 4.75. The van der Waals surface area contributed by atoms with Gasteiger partial charge in [0.2, 0.25) is 5.95 Å². The molecule has 164 valence electrons. The Hall–Kier alpha value is -2.44. The minimum atomic E-state index is 0.364. The molecule has 0 unspecified atom stereocenters. The highest BCUT2D eigenvalue weighted by Gasteiger charge is 2.26. The summed E-state index contributed by atoms with van der Waals surface area (Å²) >= 11 is 6.12. The molecule has 1 aliphatic heterocycles. The second-order valence-electron chi connectivity index (χ2n) is 8.52. The van der Waals surface area contributed by atoms with Crippen molar-refractivity contribution in [2.24, 2.45) is 0 Å². The fourth-order valence-corrected chi connectivity index (χ4v) is 4.51. The highest BCUT2D eigenvalue weighted by atomic mass is 35.5. The molecule has 6 nitrogen and oxygen atoms in total. The van der Waals surface area contributed by atoms with E-state index < -0.39 is 0 Å². The van der Waals surface area contributed by atoms with Crippen LogP contribution in [-0.4, -0.2) is 51.8 Å². The van der Waals surface area contributed by atoms with Crippen molar-refractivity contribution in [3.8, 4) is 11.1 Å². The zero-order chi connectivity index (χ0) is 22.0. The lowest BCUT2D eigenvalue weighted by atomic mass is 9.89. The molecule has 1 fully saturated rings. The van der Waals surface area contributed by atoms with Gasteiger partial charge in [-0.1, -0.05) is 23.7 Å². The minimum Gasteiger partial charge on any atom is -0.347 e. The zero-order valence-corrected chi connectivity index (χ0v) is 19.6. The van der Waals surface area contributed by atoms with Crippen molar-refractivity contribution in [3.05, 3.63) is 58.6 Å². The molecule has 1 atom stereocenters. The van der Waals surface area contributed by atoms with Crippen molar-refractivity contribution in [2.45, 2.75) is 45.7 Å². The number of hydrogen-bond donors (Lipinski definition) is 0. The van der Waals surface area contributed by atoms with Crippen LogP contribution in [0.1, 0.15) is 42.6 Å². The molecule has 0 N–H and O–H groups in total.